The number of rotatable bonds is 19. The van der Waals surface area contributed by atoms with E-state index in [4.69, 9.17) is 0 Å². The molecule has 0 saturated heterocycles. The highest BCUT2D eigenvalue weighted by Crippen LogP contribution is 2.47. The smallest absolute Gasteiger partial charge is 0.319 e. The van der Waals surface area contributed by atoms with Crippen LogP contribution in [0.4, 0.5) is 10.5 Å². The molecule has 10 nitrogen and oxygen atoms in total. The van der Waals surface area contributed by atoms with E-state index in [0.29, 0.717) is 24.9 Å². The second-order valence-corrected chi connectivity index (χ2v) is 15.6. The first-order chi connectivity index (χ1) is 25.2. The summed E-state index contributed by atoms with van der Waals surface area (Å²) < 4.78 is 0. The Hall–Kier alpha value is -4.99. The highest BCUT2D eigenvalue weighted by atomic mass is 16.2. The summed E-state index contributed by atoms with van der Waals surface area (Å²) >= 11 is 0. The molecule has 1 fully saturated rings. The average Bonchev–Trinajstić information content (AvgIpc) is 3.88. The van der Waals surface area contributed by atoms with Crippen LogP contribution >= 0.6 is 0 Å². The molecule has 284 valence electrons. The third kappa shape index (κ3) is 13.2. The van der Waals surface area contributed by atoms with Crippen LogP contribution in [0.15, 0.2) is 84.9 Å². The molecule has 4 rings (SSSR count). The van der Waals surface area contributed by atoms with E-state index in [0.717, 1.165) is 29.5 Å². The van der Waals surface area contributed by atoms with Gasteiger partial charge in [-0.1, -0.05) is 113 Å². The Kier molecular flexibility index (Phi) is 14.8. The first kappa shape index (κ1) is 40.8. The molecular formula is C43H57N5O5. The Balaban J connectivity index is 1.53. The predicted octanol–water partition coefficient (Wildman–Crippen LogP) is 6.28. The van der Waals surface area contributed by atoms with E-state index in [-0.39, 0.29) is 30.5 Å². The van der Waals surface area contributed by atoms with E-state index in [9.17, 15) is 24.0 Å². The van der Waals surface area contributed by atoms with Gasteiger partial charge in [0.25, 0.3) is 0 Å². The van der Waals surface area contributed by atoms with Gasteiger partial charge in [-0.15, -0.1) is 0 Å². The number of urea groups is 1. The molecule has 53 heavy (non-hydrogen) atoms. The van der Waals surface area contributed by atoms with Gasteiger partial charge >= 0.3 is 6.03 Å². The maximum Gasteiger partial charge on any atom is 0.319 e. The van der Waals surface area contributed by atoms with Gasteiger partial charge in [0, 0.05) is 17.5 Å². The van der Waals surface area contributed by atoms with Gasteiger partial charge in [0.2, 0.25) is 17.7 Å². The monoisotopic (exact) mass is 723 g/mol. The molecule has 10 heteroatoms. The lowest BCUT2D eigenvalue weighted by Gasteiger charge is -2.28. The van der Waals surface area contributed by atoms with E-state index >= 15 is 0 Å². The highest BCUT2D eigenvalue weighted by Gasteiger charge is 2.48. The summed E-state index contributed by atoms with van der Waals surface area (Å²) in [6, 6.07) is 22.2. The Morgan fingerprint density at radius 3 is 1.66 bits per heavy atom. The predicted molar refractivity (Wildman–Crippen MR) is 209 cm³/mol. The van der Waals surface area contributed by atoms with Crippen molar-refractivity contribution in [2.75, 3.05) is 5.32 Å². The minimum atomic E-state index is -1.00. The Labute approximate surface area is 314 Å². The SMILES string of the molecule is Cc1ccc(NC(=O)N[C@@H](CCc2ccccc2)C(=O)N[C@@H](CC(C)C)C(=O)N[C@@H](Cc2ccccc2)C(=O)N[C@@H](CC(C)C)C(=O)C2(C)CC2)cc1. The maximum atomic E-state index is 14.1. The molecule has 0 bridgehead atoms. The van der Waals surface area contributed by atoms with E-state index in [2.05, 4.69) is 26.6 Å². The molecule has 1 saturated carbocycles. The van der Waals surface area contributed by atoms with Crippen molar-refractivity contribution < 1.29 is 24.0 Å². The number of benzene rings is 3. The molecule has 0 aliphatic heterocycles. The molecule has 5 amide bonds. The average molecular weight is 724 g/mol. The Bertz CT molecular complexity index is 1670. The van der Waals surface area contributed by atoms with Crippen LogP contribution in [0.25, 0.3) is 0 Å². The van der Waals surface area contributed by atoms with E-state index in [1.807, 2.05) is 114 Å². The molecule has 0 spiro atoms. The van der Waals surface area contributed by atoms with Gasteiger partial charge in [-0.05, 0) is 80.5 Å². The van der Waals surface area contributed by atoms with Gasteiger partial charge in [-0.3, -0.25) is 19.2 Å². The van der Waals surface area contributed by atoms with Crippen molar-refractivity contribution in [3.05, 3.63) is 102 Å². The fourth-order valence-corrected chi connectivity index (χ4v) is 6.32. The fourth-order valence-electron chi connectivity index (χ4n) is 6.32. The Morgan fingerprint density at radius 1 is 0.604 bits per heavy atom. The molecule has 0 heterocycles. The molecule has 3 aromatic carbocycles. The number of ketones is 1. The zero-order valence-corrected chi connectivity index (χ0v) is 32.0. The van der Waals surface area contributed by atoms with Gasteiger partial charge in [0.1, 0.15) is 18.1 Å². The van der Waals surface area contributed by atoms with Crippen LogP contribution in [-0.4, -0.2) is 53.7 Å². The van der Waals surface area contributed by atoms with Crippen LogP contribution in [0.1, 0.15) is 83.4 Å². The molecule has 3 aromatic rings. The van der Waals surface area contributed by atoms with Gasteiger partial charge in [0.05, 0.1) is 6.04 Å². The second-order valence-electron chi connectivity index (χ2n) is 15.6. The van der Waals surface area contributed by atoms with Crippen LogP contribution in [0.5, 0.6) is 0 Å². The summed E-state index contributed by atoms with van der Waals surface area (Å²) in [4.78, 5) is 68.7. The van der Waals surface area contributed by atoms with Gasteiger partial charge in [-0.25, -0.2) is 4.79 Å². The molecule has 5 N–H and O–H groups in total. The summed E-state index contributed by atoms with van der Waals surface area (Å²) in [5.41, 5.74) is 3.04. The van der Waals surface area contributed by atoms with Crippen molar-refractivity contribution >= 4 is 35.2 Å². The maximum absolute atomic E-state index is 14.1. The van der Waals surface area contributed by atoms with Crippen molar-refractivity contribution in [1.82, 2.24) is 21.3 Å². The topological polar surface area (TPSA) is 146 Å². The number of amides is 5. The lowest BCUT2D eigenvalue weighted by Crippen LogP contribution is -2.59. The summed E-state index contributed by atoms with van der Waals surface area (Å²) in [5.74, 6) is -1.27. The summed E-state index contributed by atoms with van der Waals surface area (Å²) in [7, 11) is 0. The van der Waals surface area contributed by atoms with Crippen molar-refractivity contribution in [3.63, 3.8) is 0 Å². The fraction of sp³-hybridized carbons (Fsp3) is 0.465. The van der Waals surface area contributed by atoms with E-state index < -0.39 is 53.3 Å². The lowest BCUT2D eigenvalue weighted by molar-refractivity contribution is -0.134. The number of carbonyl (C=O) groups is 5. The minimum Gasteiger partial charge on any atom is -0.344 e. The number of hydrogen-bond acceptors (Lipinski definition) is 5. The van der Waals surface area contributed by atoms with Gasteiger partial charge in [0.15, 0.2) is 5.78 Å². The molecule has 0 radical (unpaired) electrons. The summed E-state index contributed by atoms with van der Waals surface area (Å²) in [6.45, 7) is 11.8. The summed E-state index contributed by atoms with van der Waals surface area (Å²) in [5, 5.41) is 14.4. The highest BCUT2D eigenvalue weighted by molar-refractivity contribution is 5.98. The van der Waals surface area contributed by atoms with Crippen molar-refractivity contribution in [2.45, 2.75) is 111 Å². The number of nitrogens with one attached hydrogen (secondary N) is 5. The van der Waals surface area contributed by atoms with Crippen LogP contribution in [0, 0.1) is 24.2 Å². The van der Waals surface area contributed by atoms with Crippen LogP contribution < -0.4 is 26.6 Å². The first-order valence-corrected chi connectivity index (χ1v) is 18.9. The standard InChI is InChI=1S/C43H57N5O5/c1-28(2)25-35(38(49)43(6)23-24-43)45-41(52)37(27-32-15-11-8-12-16-32)47-40(51)36(26-29(3)4)46-39(50)34(22-19-31-13-9-7-10-14-31)48-42(53)44-33-20-17-30(5)18-21-33/h7-18,20-21,28-29,34-37H,19,22-27H2,1-6H3,(H,45,52)(H,46,50)(H,47,51)(H2,44,48,53)/t34-,35-,36-,37-/m0/s1. The zero-order valence-electron chi connectivity index (χ0n) is 32.0. The second kappa shape index (κ2) is 19.2. The van der Waals surface area contributed by atoms with Crippen molar-refractivity contribution in [2.24, 2.45) is 17.3 Å². The van der Waals surface area contributed by atoms with Crippen molar-refractivity contribution in [3.8, 4) is 0 Å². The molecule has 0 aromatic heterocycles. The molecule has 4 atom stereocenters. The van der Waals surface area contributed by atoms with E-state index in [1.165, 1.54) is 0 Å². The molecular weight excluding hydrogens is 667 g/mol. The third-order valence-corrected chi connectivity index (χ3v) is 9.69. The van der Waals surface area contributed by atoms with Crippen LogP contribution in [0.3, 0.4) is 0 Å². The van der Waals surface area contributed by atoms with Gasteiger partial charge in [-0.2, -0.15) is 0 Å². The number of anilines is 1. The largest absolute Gasteiger partial charge is 0.344 e. The molecule has 1 aliphatic rings. The van der Waals surface area contributed by atoms with Crippen LogP contribution in [0.2, 0.25) is 0 Å². The van der Waals surface area contributed by atoms with Gasteiger partial charge < -0.3 is 26.6 Å². The molecule has 0 unspecified atom stereocenters. The quantitative estimate of drug-likeness (QED) is 0.0990. The third-order valence-electron chi connectivity index (χ3n) is 9.69. The number of Topliss-reactive ketones (excluding diaryl/α,β-unsaturated/α-hetero) is 1. The lowest BCUT2D eigenvalue weighted by atomic mass is 9.91. The minimum absolute atomic E-state index is 0.0142. The first-order valence-electron chi connectivity index (χ1n) is 18.9. The summed E-state index contributed by atoms with van der Waals surface area (Å²) in [6.07, 6.45) is 3.38. The normalized spacial score (nSPS) is 15.4. The zero-order chi connectivity index (χ0) is 38.5. The Morgan fingerprint density at radius 2 is 1.09 bits per heavy atom. The number of carbonyl (C=O) groups excluding carboxylic acids is 5. The van der Waals surface area contributed by atoms with Crippen molar-refractivity contribution in [1.29, 1.82) is 0 Å². The number of aryl methyl sites for hydroxylation is 2. The molecule has 1 aliphatic carbocycles. The van der Waals surface area contributed by atoms with E-state index in [1.54, 1.807) is 12.1 Å². The van der Waals surface area contributed by atoms with Crippen LogP contribution in [-0.2, 0) is 32.0 Å². The number of hydrogen-bond donors (Lipinski definition) is 5.